The van der Waals surface area contributed by atoms with Gasteiger partial charge >= 0.3 is 0 Å². The molecule has 0 aromatic carbocycles. The van der Waals surface area contributed by atoms with Gasteiger partial charge in [-0.1, -0.05) is 36.5 Å². The van der Waals surface area contributed by atoms with Gasteiger partial charge in [-0.2, -0.15) is 0 Å². The van der Waals surface area contributed by atoms with Crippen LogP contribution < -0.4 is 0 Å². The van der Waals surface area contributed by atoms with Crippen LogP contribution in [0.4, 0.5) is 0 Å². The van der Waals surface area contributed by atoms with Crippen molar-refractivity contribution in [3.63, 3.8) is 0 Å². The summed E-state index contributed by atoms with van der Waals surface area (Å²) in [6, 6.07) is 0. The molecule has 2 aliphatic carbocycles. The Hall–Kier alpha value is -3.28. The van der Waals surface area contributed by atoms with Gasteiger partial charge in [0.05, 0.1) is 18.6 Å². The Bertz CT molecular complexity index is 1240. The molecule has 1 heterocycles. The third-order valence-corrected chi connectivity index (χ3v) is 7.68. The highest BCUT2D eigenvalue weighted by Crippen LogP contribution is 2.67. The molecule has 10 heteroatoms. The highest BCUT2D eigenvalue weighted by atomic mass is 16.7. The Kier molecular flexibility index (Phi) is 7.80. The number of hydrogen-bond acceptors (Lipinski definition) is 10. The molecule has 0 spiro atoms. The predicted octanol–water partition coefficient (Wildman–Crippen LogP) is 2.06. The van der Waals surface area contributed by atoms with E-state index in [1.807, 2.05) is 0 Å². The van der Waals surface area contributed by atoms with E-state index in [4.69, 9.17) is 14.9 Å². The van der Waals surface area contributed by atoms with E-state index in [2.05, 4.69) is 0 Å². The standard InChI is InChI=1S/C28H34O10/c1-16-21(33)20(19(32)12-8-6-10-14-30)22-26(3)24(35)17(18(31)11-7-5-9-13-29)15-25(2,36)28(26,37)38-27(22,4)23(16)34/h5-12,22,29-33,36-37H,13-15H2,1-4H3/b9-5+,10-6+,11-7+,12-8+,18-17?,20-19?/t22-,25+,26-,27+,28+/m1/s1. The van der Waals surface area contributed by atoms with Crippen LogP contribution in [-0.4, -0.2) is 77.5 Å². The molecule has 1 aliphatic heterocycles. The molecule has 1 saturated heterocycles. The van der Waals surface area contributed by atoms with Gasteiger partial charge < -0.3 is 40.5 Å². The average molecular weight is 531 g/mol. The van der Waals surface area contributed by atoms with Crippen LogP contribution in [-0.2, 0) is 14.3 Å². The zero-order valence-electron chi connectivity index (χ0n) is 21.7. The summed E-state index contributed by atoms with van der Waals surface area (Å²) in [4.78, 5) is 27.5. The van der Waals surface area contributed by atoms with E-state index in [0.29, 0.717) is 0 Å². The van der Waals surface area contributed by atoms with Crippen molar-refractivity contribution in [2.24, 2.45) is 11.3 Å². The number of ketones is 2. The summed E-state index contributed by atoms with van der Waals surface area (Å²) in [7, 11) is 0. The van der Waals surface area contributed by atoms with Crippen LogP contribution in [0.3, 0.4) is 0 Å². The van der Waals surface area contributed by atoms with Crippen molar-refractivity contribution in [3.8, 4) is 0 Å². The normalized spacial score (nSPS) is 38.7. The van der Waals surface area contributed by atoms with Crippen LogP contribution in [0, 0.1) is 11.3 Å². The molecule has 206 valence electrons. The van der Waals surface area contributed by atoms with E-state index in [9.17, 15) is 35.1 Å². The first-order chi connectivity index (χ1) is 17.7. The fraction of sp³-hybridized carbons (Fsp3) is 0.429. The summed E-state index contributed by atoms with van der Waals surface area (Å²) in [5.41, 5.74) is -7.09. The van der Waals surface area contributed by atoms with Crippen molar-refractivity contribution >= 4 is 11.6 Å². The number of aliphatic hydroxyl groups is 7. The van der Waals surface area contributed by atoms with E-state index < -0.39 is 63.6 Å². The average Bonchev–Trinajstić information content (AvgIpc) is 3.06. The molecule has 38 heavy (non-hydrogen) atoms. The molecule has 0 amide bonds. The third kappa shape index (κ3) is 4.09. The number of ether oxygens (including phenoxy) is 1. The molecular formula is C28H34O10. The van der Waals surface area contributed by atoms with Gasteiger partial charge in [0.2, 0.25) is 5.79 Å². The fourth-order valence-electron chi connectivity index (χ4n) is 5.83. The first-order valence-corrected chi connectivity index (χ1v) is 12.0. The summed E-state index contributed by atoms with van der Waals surface area (Å²) >= 11 is 0. The molecule has 0 aromatic heterocycles. The fourth-order valence-corrected chi connectivity index (χ4v) is 5.83. The lowest BCUT2D eigenvalue weighted by Crippen LogP contribution is -2.68. The SMILES string of the molecule is CC1=C(O)C(=C(O)/C=C/C=C/CO)[C@@H]2[C@]3(C)C(=O)C(=C(O)/C=C/C=C/CO)C[C@](C)(O)[C@]3(O)O[C@]2(C)C1=O. The monoisotopic (exact) mass is 530 g/mol. The zero-order chi connectivity index (χ0) is 28.7. The van der Waals surface area contributed by atoms with Gasteiger partial charge in [-0.3, -0.25) is 9.59 Å². The minimum Gasteiger partial charge on any atom is -0.508 e. The van der Waals surface area contributed by atoms with E-state index in [0.717, 1.165) is 0 Å². The van der Waals surface area contributed by atoms with Gasteiger partial charge in [0.15, 0.2) is 11.6 Å². The van der Waals surface area contributed by atoms with Gasteiger partial charge in [-0.25, -0.2) is 0 Å². The lowest BCUT2D eigenvalue weighted by atomic mass is 9.52. The summed E-state index contributed by atoms with van der Waals surface area (Å²) < 4.78 is 5.94. The molecule has 10 nitrogen and oxygen atoms in total. The van der Waals surface area contributed by atoms with Crippen LogP contribution in [0.5, 0.6) is 0 Å². The van der Waals surface area contributed by atoms with Crippen molar-refractivity contribution in [2.75, 3.05) is 13.2 Å². The minimum absolute atomic E-state index is 0.181. The highest BCUT2D eigenvalue weighted by molar-refractivity contribution is 6.09. The number of rotatable bonds is 6. The second kappa shape index (κ2) is 10.1. The quantitative estimate of drug-likeness (QED) is 0.152. The molecular weight excluding hydrogens is 496 g/mol. The number of Topliss-reactive ketones (excluding diaryl/α,β-unsaturated/α-hetero) is 2. The molecule has 1 saturated carbocycles. The maximum atomic E-state index is 14.1. The number of aliphatic hydroxyl groups excluding tert-OH is 5. The van der Waals surface area contributed by atoms with Gasteiger partial charge in [-0.15, -0.1) is 0 Å². The van der Waals surface area contributed by atoms with E-state index in [1.165, 1.54) is 76.3 Å². The Morgan fingerprint density at radius 3 is 1.97 bits per heavy atom. The third-order valence-electron chi connectivity index (χ3n) is 7.68. The molecule has 2 fully saturated rings. The van der Waals surface area contributed by atoms with Gasteiger partial charge in [0.25, 0.3) is 0 Å². The van der Waals surface area contributed by atoms with Crippen molar-refractivity contribution in [2.45, 2.75) is 51.1 Å². The number of fused-ring (bicyclic) bond motifs is 3. The molecule has 0 bridgehead atoms. The summed E-state index contributed by atoms with van der Waals surface area (Å²) in [6.45, 7) is 4.57. The Labute approximate surface area is 220 Å². The maximum Gasteiger partial charge on any atom is 0.209 e. The van der Waals surface area contributed by atoms with Crippen LogP contribution >= 0.6 is 0 Å². The second-order valence-corrected chi connectivity index (χ2v) is 10.2. The van der Waals surface area contributed by atoms with E-state index >= 15 is 0 Å². The second-order valence-electron chi connectivity index (χ2n) is 10.2. The number of allylic oxidation sites excluding steroid dienone is 7. The highest BCUT2D eigenvalue weighted by Gasteiger charge is 2.81. The molecule has 0 radical (unpaired) electrons. The van der Waals surface area contributed by atoms with Gasteiger partial charge in [0, 0.05) is 29.1 Å². The van der Waals surface area contributed by atoms with E-state index in [-0.39, 0.29) is 29.9 Å². The summed E-state index contributed by atoms with van der Waals surface area (Å²) in [5, 5.41) is 74.0. The first kappa shape index (κ1) is 29.3. The number of carbonyl (C=O) groups is 2. The van der Waals surface area contributed by atoms with Crippen LogP contribution in [0.25, 0.3) is 0 Å². The summed E-state index contributed by atoms with van der Waals surface area (Å²) in [6.07, 6.45) is 10.2. The van der Waals surface area contributed by atoms with Crippen LogP contribution in [0.2, 0.25) is 0 Å². The maximum absolute atomic E-state index is 14.1. The van der Waals surface area contributed by atoms with Crippen molar-refractivity contribution in [3.05, 3.63) is 82.6 Å². The lowest BCUT2D eigenvalue weighted by Gasteiger charge is -2.51. The Morgan fingerprint density at radius 1 is 0.921 bits per heavy atom. The smallest absolute Gasteiger partial charge is 0.209 e. The van der Waals surface area contributed by atoms with Gasteiger partial charge in [0.1, 0.15) is 28.5 Å². The van der Waals surface area contributed by atoms with Gasteiger partial charge in [-0.05, 0) is 39.8 Å². The Balaban J connectivity index is 2.35. The lowest BCUT2D eigenvalue weighted by molar-refractivity contribution is -0.326. The largest absolute Gasteiger partial charge is 0.508 e. The molecule has 3 aliphatic rings. The van der Waals surface area contributed by atoms with Crippen molar-refractivity contribution < 1.29 is 50.1 Å². The summed E-state index contributed by atoms with van der Waals surface area (Å²) in [5.74, 6) is -7.45. The molecule has 7 N–H and O–H groups in total. The molecule has 0 aromatic rings. The van der Waals surface area contributed by atoms with Crippen LogP contribution in [0.1, 0.15) is 34.1 Å². The predicted molar refractivity (Wildman–Crippen MR) is 137 cm³/mol. The topological polar surface area (TPSA) is 185 Å². The number of hydrogen-bond donors (Lipinski definition) is 7. The van der Waals surface area contributed by atoms with E-state index in [1.54, 1.807) is 0 Å². The molecule has 5 atom stereocenters. The minimum atomic E-state index is -2.67. The first-order valence-electron chi connectivity index (χ1n) is 12.0. The zero-order valence-corrected chi connectivity index (χ0v) is 21.7. The molecule has 0 unspecified atom stereocenters. The van der Waals surface area contributed by atoms with Crippen LogP contribution in [0.15, 0.2) is 82.6 Å². The van der Waals surface area contributed by atoms with Crippen molar-refractivity contribution in [1.29, 1.82) is 0 Å². The Morgan fingerprint density at radius 2 is 1.45 bits per heavy atom. The molecule has 3 rings (SSSR count). The van der Waals surface area contributed by atoms with Crippen molar-refractivity contribution in [1.82, 2.24) is 0 Å². The number of carbonyl (C=O) groups excluding carboxylic acids is 2.